The number of nitrogens with one attached hydrogen (secondary N) is 1. The van der Waals surface area contributed by atoms with Gasteiger partial charge in [0.2, 0.25) is 5.88 Å². The van der Waals surface area contributed by atoms with Crippen LogP contribution in [0, 0.1) is 5.92 Å². The van der Waals surface area contributed by atoms with Gasteiger partial charge in [0, 0.05) is 30.4 Å². The maximum absolute atomic E-state index is 5.83. The molecule has 1 saturated carbocycles. The van der Waals surface area contributed by atoms with Crippen LogP contribution in [0.5, 0.6) is 11.6 Å². The van der Waals surface area contributed by atoms with Gasteiger partial charge in [-0.1, -0.05) is 6.07 Å². The second-order valence-electron chi connectivity index (χ2n) is 6.29. The summed E-state index contributed by atoms with van der Waals surface area (Å²) in [6.45, 7) is 2.53. The van der Waals surface area contributed by atoms with Crippen LogP contribution in [0.25, 0.3) is 0 Å². The van der Waals surface area contributed by atoms with Gasteiger partial charge in [-0.05, 0) is 43.0 Å². The average Bonchev–Trinajstić information content (AvgIpc) is 3.33. The second-order valence-corrected chi connectivity index (χ2v) is 6.29. The first kappa shape index (κ1) is 14.5. The van der Waals surface area contributed by atoms with Crippen LogP contribution in [0.2, 0.25) is 0 Å². The molecule has 1 N–H and O–H groups in total. The van der Waals surface area contributed by atoms with Gasteiger partial charge in [-0.25, -0.2) is 4.98 Å². The van der Waals surface area contributed by atoms with Gasteiger partial charge in [0.1, 0.15) is 12.4 Å². The fraction of sp³-hybridized carbons (Fsp3) is 0.444. The summed E-state index contributed by atoms with van der Waals surface area (Å²) in [5, 5.41) is 3.34. The highest BCUT2D eigenvalue weighted by molar-refractivity contribution is 5.30. The van der Waals surface area contributed by atoms with Crippen LogP contribution >= 0.6 is 0 Å². The number of ether oxygens (including phenoxy) is 2. The summed E-state index contributed by atoms with van der Waals surface area (Å²) in [5.41, 5.74) is 1.25. The quantitative estimate of drug-likeness (QED) is 0.851. The summed E-state index contributed by atoms with van der Waals surface area (Å²) in [7, 11) is 0. The molecular formula is C18H21N3O2. The first-order valence-electron chi connectivity index (χ1n) is 8.23. The molecule has 0 radical (unpaired) electrons. The Morgan fingerprint density at radius 2 is 2.13 bits per heavy atom. The highest BCUT2D eigenvalue weighted by atomic mass is 16.5. The van der Waals surface area contributed by atoms with Crippen molar-refractivity contribution in [3.63, 3.8) is 0 Å². The topological polar surface area (TPSA) is 56.3 Å². The minimum absolute atomic E-state index is 0.499. The third kappa shape index (κ3) is 3.62. The van der Waals surface area contributed by atoms with E-state index in [-0.39, 0.29) is 0 Å². The van der Waals surface area contributed by atoms with Gasteiger partial charge < -0.3 is 14.8 Å². The largest absolute Gasteiger partial charge is 0.490 e. The molecular weight excluding hydrogens is 290 g/mol. The Morgan fingerprint density at radius 1 is 1.17 bits per heavy atom. The van der Waals surface area contributed by atoms with Gasteiger partial charge in [0.25, 0.3) is 0 Å². The van der Waals surface area contributed by atoms with E-state index in [0.717, 1.165) is 25.3 Å². The molecule has 5 nitrogen and oxygen atoms in total. The van der Waals surface area contributed by atoms with Crippen LogP contribution in [-0.4, -0.2) is 35.8 Å². The van der Waals surface area contributed by atoms with Crippen LogP contribution in [0.15, 0.2) is 42.9 Å². The summed E-state index contributed by atoms with van der Waals surface area (Å²) in [6.07, 6.45) is 7.83. The standard InChI is InChI=1S/C18H21N3O2/c1-2-5-21-18(3-1)23-11-14-8-17(14)13-7-16(10-19-9-13)22-12-15-4-6-20-15/h1-3,5,7,9-10,14-15,17,20H,4,6,8,11-12H2. The van der Waals surface area contributed by atoms with Crippen LogP contribution < -0.4 is 14.8 Å². The molecule has 5 heteroatoms. The number of nitrogens with zero attached hydrogens (tertiary/aromatic N) is 2. The van der Waals surface area contributed by atoms with Crippen molar-refractivity contribution >= 4 is 0 Å². The molecule has 2 aliphatic rings. The predicted molar refractivity (Wildman–Crippen MR) is 86.7 cm³/mol. The van der Waals surface area contributed by atoms with Gasteiger partial charge >= 0.3 is 0 Å². The van der Waals surface area contributed by atoms with Crippen molar-refractivity contribution in [3.05, 3.63) is 48.4 Å². The lowest BCUT2D eigenvalue weighted by Crippen LogP contribution is -2.46. The van der Waals surface area contributed by atoms with Gasteiger partial charge in [-0.2, -0.15) is 0 Å². The summed E-state index contributed by atoms with van der Waals surface area (Å²) in [5.74, 6) is 2.63. The van der Waals surface area contributed by atoms with E-state index in [2.05, 4.69) is 21.4 Å². The molecule has 2 fully saturated rings. The first-order chi connectivity index (χ1) is 11.4. The van der Waals surface area contributed by atoms with Crippen molar-refractivity contribution in [2.24, 2.45) is 5.92 Å². The monoisotopic (exact) mass is 311 g/mol. The lowest BCUT2D eigenvalue weighted by Gasteiger charge is -2.27. The van der Waals surface area contributed by atoms with Gasteiger partial charge in [0.15, 0.2) is 0 Å². The third-order valence-electron chi connectivity index (χ3n) is 4.55. The Morgan fingerprint density at radius 3 is 2.91 bits per heavy atom. The lowest BCUT2D eigenvalue weighted by molar-refractivity contribution is 0.216. The van der Waals surface area contributed by atoms with E-state index in [0.29, 0.717) is 30.4 Å². The van der Waals surface area contributed by atoms with Crippen molar-refractivity contribution in [1.29, 1.82) is 0 Å². The van der Waals surface area contributed by atoms with E-state index in [9.17, 15) is 0 Å². The minimum Gasteiger partial charge on any atom is -0.490 e. The number of hydrogen-bond acceptors (Lipinski definition) is 5. The third-order valence-corrected chi connectivity index (χ3v) is 4.55. The van der Waals surface area contributed by atoms with E-state index in [1.165, 1.54) is 12.0 Å². The summed E-state index contributed by atoms with van der Waals surface area (Å²) < 4.78 is 11.6. The van der Waals surface area contributed by atoms with Crippen molar-refractivity contribution in [2.75, 3.05) is 19.8 Å². The summed E-state index contributed by atoms with van der Waals surface area (Å²) in [4.78, 5) is 8.51. The van der Waals surface area contributed by atoms with E-state index in [4.69, 9.17) is 9.47 Å². The molecule has 0 aromatic carbocycles. The van der Waals surface area contributed by atoms with Crippen LogP contribution in [0.3, 0.4) is 0 Å². The van der Waals surface area contributed by atoms with Crippen LogP contribution in [0.4, 0.5) is 0 Å². The summed E-state index contributed by atoms with van der Waals surface area (Å²) >= 11 is 0. The molecule has 23 heavy (non-hydrogen) atoms. The molecule has 3 unspecified atom stereocenters. The van der Waals surface area contributed by atoms with Crippen molar-refractivity contribution in [3.8, 4) is 11.6 Å². The molecule has 120 valence electrons. The highest BCUT2D eigenvalue weighted by Gasteiger charge is 2.39. The number of hydrogen-bond donors (Lipinski definition) is 1. The first-order valence-corrected chi connectivity index (χ1v) is 8.23. The normalized spacial score (nSPS) is 25.5. The van der Waals surface area contributed by atoms with E-state index in [1.807, 2.05) is 24.4 Å². The molecule has 2 aromatic heterocycles. The number of aromatic nitrogens is 2. The zero-order valence-corrected chi connectivity index (χ0v) is 13.0. The van der Waals surface area contributed by atoms with Gasteiger partial charge in [0.05, 0.1) is 12.8 Å². The maximum Gasteiger partial charge on any atom is 0.213 e. The van der Waals surface area contributed by atoms with E-state index >= 15 is 0 Å². The Labute approximate surface area is 136 Å². The molecule has 0 spiro atoms. The molecule has 1 aliphatic heterocycles. The molecule has 3 atom stereocenters. The molecule has 2 aromatic rings. The number of pyridine rings is 2. The van der Waals surface area contributed by atoms with Crippen LogP contribution in [-0.2, 0) is 0 Å². The van der Waals surface area contributed by atoms with E-state index in [1.54, 1.807) is 12.4 Å². The summed E-state index contributed by atoms with van der Waals surface area (Å²) in [6, 6.07) is 8.34. The van der Waals surface area contributed by atoms with Crippen molar-refractivity contribution < 1.29 is 9.47 Å². The minimum atomic E-state index is 0.499. The van der Waals surface area contributed by atoms with Gasteiger partial charge in [-0.15, -0.1) is 0 Å². The molecule has 1 aliphatic carbocycles. The number of rotatable bonds is 7. The molecule has 3 heterocycles. The molecule has 4 rings (SSSR count). The zero-order chi connectivity index (χ0) is 15.5. The van der Waals surface area contributed by atoms with Gasteiger partial charge in [-0.3, -0.25) is 4.98 Å². The Bertz CT molecular complexity index is 646. The fourth-order valence-electron chi connectivity index (χ4n) is 2.87. The molecule has 0 amide bonds. The second kappa shape index (κ2) is 6.54. The Kier molecular flexibility index (Phi) is 4.11. The molecule has 1 saturated heterocycles. The van der Waals surface area contributed by atoms with E-state index < -0.39 is 0 Å². The van der Waals surface area contributed by atoms with Crippen molar-refractivity contribution in [2.45, 2.75) is 24.8 Å². The Balaban J connectivity index is 1.29. The fourth-order valence-corrected chi connectivity index (χ4v) is 2.87. The maximum atomic E-state index is 5.83. The zero-order valence-electron chi connectivity index (χ0n) is 13.0. The lowest BCUT2D eigenvalue weighted by atomic mass is 10.1. The van der Waals surface area contributed by atoms with Crippen molar-refractivity contribution in [1.82, 2.24) is 15.3 Å². The smallest absolute Gasteiger partial charge is 0.213 e. The molecule has 0 bridgehead atoms. The van der Waals surface area contributed by atoms with Crippen LogP contribution in [0.1, 0.15) is 24.3 Å². The average molecular weight is 311 g/mol. The Hall–Kier alpha value is -2.14. The SMILES string of the molecule is c1ccc(OCC2CC2c2cncc(OCC3CCN3)c2)nc1. The highest BCUT2D eigenvalue weighted by Crippen LogP contribution is 2.47. The predicted octanol–water partition coefficient (Wildman–Crippen LogP) is 2.40.